The molecule has 0 aromatic rings. The van der Waals surface area contributed by atoms with E-state index in [0.29, 0.717) is 0 Å². The van der Waals surface area contributed by atoms with Gasteiger partial charge in [-0.15, -0.1) is 0 Å². The van der Waals surface area contributed by atoms with Crippen LogP contribution in [-0.2, 0) is 10.0 Å². The molecule has 78 valence electrons. The molecule has 0 radical (unpaired) electrons. The van der Waals surface area contributed by atoms with E-state index in [1.807, 2.05) is 0 Å². The second-order valence-corrected chi connectivity index (χ2v) is 5.78. The predicted molar refractivity (Wildman–Crippen MR) is 54.1 cm³/mol. The zero-order valence-corrected chi connectivity index (χ0v) is 9.31. The molecular formula is C9H19NO2S. The molecule has 1 aliphatic heterocycles. The molecule has 1 saturated heterocycles. The van der Waals surface area contributed by atoms with Crippen LogP contribution >= 0.6 is 0 Å². The van der Waals surface area contributed by atoms with E-state index in [1.165, 1.54) is 6.42 Å². The van der Waals surface area contributed by atoms with Crippen molar-refractivity contribution in [2.45, 2.75) is 45.6 Å². The van der Waals surface area contributed by atoms with Crippen molar-refractivity contribution >= 4 is 10.0 Å². The third-order valence-electron chi connectivity index (χ3n) is 2.77. The molecule has 0 aromatic carbocycles. The molecule has 3 nitrogen and oxygen atoms in total. The molecule has 13 heavy (non-hydrogen) atoms. The Balaban J connectivity index is 2.75. The van der Waals surface area contributed by atoms with Crippen LogP contribution in [0.15, 0.2) is 0 Å². The number of rotatable bonds is 3. The van der Waals surface area contributed by atoms with E-state index >= 15 is 0 Å². The molecule has 0 saturated carbocycles. The fraction of sp³-hybridized carbons (Fsp3) is 1.00. The van der Waals surface area contributed by atoms with Crippen LogP contribution in [0.2, 0.25) is 0 Å². The van der Waals surface area contributed by atoms with Crippen LogP contribution in [0.4, 0.5) is 0 Å². The quantitative estimate of drug-likeness (QED) is 0.702. The molecule has 0 amide bonds. The van der Waals surface area contributed by atoms with E-state index < -0.39 is 10.0 Å². The summed E-state index contributed by atoms with van der Waals surface area (Å²) in [5.74, 6) is 0.240. The number of sulfonamides is 1. The zero-order valence-electron chi connectivity index (χ0n) is 8.49. The SMILES string of the molecule is CCC1CCCCN1S(=O)(=O)CC. The fourth-order valence-electron chi connectivity index (χ4n) is 1.91. The van der Waals surface area contributed by atoms with Crippen molar-refractivity contribution in [2.24, 2.45) is 0 Å². The van der Waals surface area contributed by atoms with E-state index in [2.05, 4.69) is 6.92 Å². The monoisotopic (exact) mass is 205 g/mol. The van der Waals surface area contributed by atoms with Gasteiger partial charge in [0, 0.05) is 12.6 Å². The van der Waals surface area contributed by atoms with Gasteiger partial charge in [-0.05, 0) is 26.2 Å². The average molecular weight is 205 g/mol. The third kappa shape index (κ3) is 2.44. The summed E-state index contributed by atoms with van der Waals surface area (Å²) in [5.41, 5.74) is 0. The van der Waals surface area contributed by atoms with Crippen LogP contribution in [0.3, 0.4) is 0 Å². The van der Waals surface area contributed by atoms with E-state index in [0.717, 1.165) is 25.8 Å². The van der Waals surface area contributed by atoms with Crippen molar-refractivity contribution in [1.82, 2.24) is 4.31 Å². The first kappa shape index (κ1) is 11.0. The first-order valence-corrected chi connectivity index (χ1v) is 6.72. The minimum absolute atomic E-state index is 0.240. The van der Waals surface area contributed by atoms with Crippen molar-refractivity contribution in [1.29, 1.82) is 0 Å². The minimum atomic E-state index is -2.95. The number of hydrogen-bond acceptors (Lipinski definition) is 2. The van der Waals surface area contributed by atoms with Gasteiger partial charge < -0.3 is 0 Å². The van der Waals surface area contributed by atoms with Crippen molar-refractivity contribution in [3.05, 3.63) is 0 Å². The molecule has 0 aliphatic carbocycles. The van der Waals surface area contributed by atoms with Gasteiger partial charge in [0.1, 0.15) is 0 Å². The molecule has 1 atom stereocenters. The Morgan fingerprint density at radius 2 is 2.00 bits per heavy atom. The molecule has 0 aromatic heterocycles. The Labute approximate surface area is 81.2 Å². The topological polar surface area (TPSA) is 37.4 Å². The van der Waals surface area contributed by atoms with Gasteiger partial charge in [0.2, 0.25) is 10.0 Å². The van der Waals surface area contributed by atoms with Gasteiger partial charge in [0.25, 0.3) is 0 Å². The number of nitrogens with zero attached hydrogens (tertiary/aromatic N) is 1. The Kier molecular flexibility index (Phi) is 3.74. The van der Waals surface area contributed by atoms with Gasteiger partial charge >= 0.3 is 0 Å². The van der Waals surface area contributed by atoms with Crippen LogP contribution in [0.5, 0.6) is 0 Å². The van der Waals surface area contributed by atoms with Crippen LogP contribution in [0, 0.1) is 0 Å². The molecule has 0 bridgehead atoms. The highest BCUT2D eigenvalue weighted by atomic mass is 32.2. The average Bonchev–Trinajstić information content (AvgIpc) is 2.18. The van der Waals surface area contributed by atoms with Crippen molar-refractivity contribution in [3.63, 3.8) is 0 Å². The summed E-state index contributed by atoms with van der Waals surface area (Å²) in [6, 6.07) is 0.263. The van der Waals surface area contributed by atoms with Gasteiger partial charge in [-0.25, -0.2) is 8.42 Å². The standard InChI is InChI=1S/C9H19NO2S/c1-3-9-7-5-6-8-10(9)13(11,12)4-2/h9H,3-8H2,1-2H3. The van der Waals surface area contributed by atoms with Crippen molar-refractivity contribution in [3.8, 4) is 0 Å². The van der Waals surface area contributed by atoms with E-state index in [-0.39, 0.29) is 11.8 Å². The summed E-state index contributed by atoms with van der Waals surface area (Å²) in [4.78, 5) is 0. The molecule has 0 spiro atoms. The van der Waals surface area contributed by atoms with Gasteiger partial charge in [-0.2, -0.15) is 4.31 Å². The third-order valence-corrected chi connectivity index (χ3v) is 4.69. The lowest BCUT2D eigenvalue weighted by Gasteiger charge is -2.33. The number of piperidine rings is 1. The summed E-state index contributed by atoms with van der Waals surface area (Å²) >= 11 is 0. The molecule has 1 aliphatic rings. The Morgan fingerprint density at radius 3 is 2.54 bits per heavy atom. The van der Waals surface area contributed by atoms with Crippen LogP contribution in [0.1, 0.15) is 39.5 Å². The van der Waals surface area contributed by atoms with E-state index in [9.17, 15) is 8.42 Å². The Bertz CT molecular complexity index is 248. The predicted octanol–water partition coefficient (Wildman–Crippen LogP) is 1.60. The Hall–Kier alpha value is -0.0900. The maximum absolute atomic E-state index is 11.6. The second kappa shape index (κ2) is 4.42. The first-order chi connectivity index (χ1) is 6.11. The highest BCUT2D eigenvalue weighted by molar-refractivity contribution is 7.89. The molecule has 1 unspecified atom stereocenters. The molecule has 1 heterocycles. The van der Waals surface area contributed by atoms with Crippen LogP contribution < -0.4 is 0 Å². The number of hydrogen-bond donors (Lipinski definition) is 0. The van der Waals surface area contributed by atoms with Crippen LogP contribution in [-0.4, -0.2) is 31.1 Å². The van der Waals surface area contributed by atoms with Crippen molar-refractivity contribution < 1.29 is 8.42 Å². The minimum Gasteiger partial charge on any atom is -0.212 e. The summed E-state index contributed by atoms with van der Waals surface area (Å²) in [6.45, 7) is 4.51. The molecule has 4 heteroatoms. The van der Waals surface area contributed by atoms with Gasteiger partial charge in [0.05, 0.1) is 5.75 Å². The lowest BCUT2D eigenvalue weighted by Crippen LogP contribution is -2.43. The summed E-state index contributed by atoms with van der Waals surface area (Å²) in [5, 5.41) is 0. The second-order valence-electron chi connectivity index (χ2n) is 3.57. The maximum atomic E-state index is 11.6. The Morgan fingerprint density at radius 1 is 1.31 bits per heavy atom. The van der Waals surface area contributed by atoms with Gasteiger partial charge in [-0.3, -0.25) is 0 Å². The lowest BCUT2D eigenvalue weighted by atomic mass is 10.0. The van der Waals surface area contributed by atoms with Crippen LogP contribution in [0.25, 0.3) is 0 Å². The largest absolute Gasteiger partial charge is 0.214 e. The van der Waals surface area contributed by atoms with Crippen molar-refractivity contribution in [2.75, 3.05) is 12.3 Å². The van der Waals surface area contributed by atoms with E-state index in [4.69, 9.17) is 0 Å². The van der Waals surface area contributed by atoms with Gasteiger partial charge in [-0.1, -0.05) is 13.3 Å². The highest BCUT2D eigenvalue weighted by Gasteiger charge is 2.29. The molecule has 1 rings (SSSR count). The molecule has 1 fully saturated rings. The first-order valence-electron chi connectivity index (χ1n) is 5.11. The van der Waals surface area contributed by atoms with Gasteiger partial charge in [0.15, 0.2) is 0 Å². The fourth-order valence-corrected chi connectivity index (χ4v) is 3.36. The molecular weight excluding hydrogens is 186 g/mol. The lowest BCUT2D eigenvalue weighted by molar-refractivity contribution is 0.247. The maximum Gasteiger partial charge on any atom is 0.214 e. The highest BCUT2D eigenvalue weighted by Crippen LogP contribution is 2.22. The molecule has 0 N–H and O–H groups in total. The van der Waals surface area contributed by atoms with E-state index in [1.54, 1.807) is 11.2 Å². The summed E-state index contributed by atoms with van der Waals surface area (Å²) < 4.78 is 25.0. The zero-order chi connectivity index (χ0) is 9.90. The summed E-state index contributed by atoms with van der Waals surface area (Å²) in [7, 11) is -2.95. The normalized spacial score (nSPS) is 26.2. The smallest absolute Gasteiger partial charge is 0.212 e. The summed E-state index contributed by atoms with van der Waals surface area (Å²) in [6.07, 6.45) is 4.18.